The zero-order valence-electron chi connectivity index (χ0n) is 13.1. The van der Waals surface area contributed by atoms with Crippen LogP contribution in [0.3, 0.4) is 0 Å². The lowest BCUT2D eigenvalue weighted by molar-refractivity contribution is -0.0730. The van der Waals surface area contributed by atoms with E-state index < -0.39 is 47.9 Å². The number of ether oxygens (including phenoxy) is 1. The lowest BCUT2D eigenvalue weighted by Gasteiger charge is -2.48. The predicted molar refractivity (Wildman–Crippen MR) is 129 cm³/mol. The highest BCUT2D eigenvalue weighted by Gasteiger charge is 2.73. The lowest BCUT2D eigenvalue weighted by atomic mass is 10.1. The summed E-state index contributed by atoms with van der Waals surface area (Å²) < 4.78 is 32.7. The highest BCUT2D eigenvalue weighted by molar-refractivity contribution is 6.67. The molecule has 0 aromatic carbocycles. The van der Waals surface area contributed by atoms with Crippen molar-refractivity contribution in [3.63, 3.8) is 0 Å². The van der Waals surface area contributed by atoms with Crippen LogP contribution >= 0.6 is 186 Å². The maximum atomic E-state index is 14.3. The number of rotatable bonds is 10. The van der Waals surface area contributed by atoms with Crippen molar-refractivity contribution in [3.05, 3.63) is 0 Å². The Morgan fingerprint density at radius 3 is 0.581 bits per heavy atom. The maximum Gasteiger partial charge on any atom is 0.293 e. The summed E-state index contributed by atoms with van der Waals surface area (Å²) in [5.41, 5.74) is 0. The zero-order valence-corrected chi connectivity index (χ0v) is 25.2. The minimum atomic E-state index is -3.86. The van der Waals surface area contributed by atoms with Crippen LogP contribution in [-0.4, -0.2) is 47.9 Å². The summed E-state index contributed by atoms with van der Waals surface area (Å²) in [5.74, 6) is 0. The largest absolute Gasteiger partial charge is 0.361 e. The van der Waals surface area contributed by atoms with E-state index in [2.05, 4.69) is 0 Å². The highest BCUT2D eigenvalue weighted by Crippen LogP contribution is 2.62. The first kappa shape index (κ1) is 35.3. The first-order valence-electron chi connectivity index (χ1n) is 6.41. The monoisotopic (exact) mass is 774 g/mol. The molecule has 0 fully saturated rings. The Labute approximate surface area is 253 Å². The summed E-state index contributed by atoms with van der Waals surface area (Å²) in [5, 5.41) is 0. The number of hydrogen-bond acceptors (Lipinski definition) is 1. The standard InChI is InChI=1S/C10H2Cl16F4O/c11-3(12,7(19,20)27)1(4(13,14)8(21,22)28)31-2(5(15,16)9(23,24)29)6(17,18)10(25,26)30/h1-2H. The van der Waals surface area contributed by atoms with Gasteiger partial charge in [0, 0.05) is 0 Å². The van der Waals surface area contributed by atoms with E-state index in [9.17, 15) is 17.6 Å². The molecule has 0 spiro atoms. The summed E-state index contributed by atoms with van der Waals surface area (Å²) in [6.45, 7) is 0. The molecular weight excluding hydrogens is 779 g/mol. The van der Waals surface area contributed by atoms with Gasteiger partial charge in [-0.15, -0.1) is 0 Å². The van der Waals surface area contributed by atoms with E-state index in [4.69, 9.17) is 190 Å². The van der Waals surface area contributed by atoms with Gasteiger partial charge in [-0.25, -0.2) is 17.6 Å². The summed E-state index contributed by atoms with van der Waals surface area (Å²) in [4.78, 5) is 0. The second kappa shape index (κ2) is 10.8. The third-order valence-electron chi connectivity index (χ3n) is 3.10. The molecule has 0 rings (SSSR count). The minimum Gasteiger partial charge on any atom is -0.361 e. The van der Waals surface area contributed by atoms with Crippen LogP contribution in [0.1, 0.15) is 0 Å². The lowest BCUT2D eigenvalue weighted by Crippen LogP contribution is -2.65. The van der Waals surface area contributed by atoms with Crippen LogP contribution < -0.4 is 0 Å². The molecule has 0 unspecified atom stereocenters. The number of hydrogen-bond donors (Lipinski definition) is 0. The van der Waals surface area contributed by atoms with E-state index in [0.29, 0.717) is 0 Å². The van der Waals surface area contributed by atoms with Crippen LogP contribution in [0, 0.1) is 0 Å². The summed E-state index contributed by atoms with van der Waals surface area (Å²) in [6, 6.07) is 0. The molecular formula is C10H2Cl16F4O. The van der Waals surface area contributed by atoms with Crippen molar-refractivity contribution in [2.75, 3.05) is 0 Å². The van der Waals surface area contributed by atoms with Gasteiger partial charge in [-0.05, 0) is 0 Å². The van der Waals surface area contributed by atoms with Gasteiger partial charge in [0.1, 0.15) is 12.2 Å². The van der Waals surface area contributed by atoms with Gasteiger partial charge in [0.2, 0.25) is 17.3 Å². The molecule has 0 aromatic heterocycles. The number of alkyl halides is 20. The smallest absolute Gasteiger partial charge is 0.293 e. The average Bonchev–Trinajstić information content (AvgIpc) is 2.41. The van der Waals surface area contributed by atoms with Gasteiger partial charge in [0.25, 0.3) is 18.3 Å². The van der Waals surface area contributed by atoms with Gasteiger partial charge >= 0.3 is 0 Å². The molecule has 0 radical (unpaired) electrons. The molecule has 1 nitrogen and oxygen atoms in total. The summed E-state index contributed by atoms with van der Waals surface area (Å²) >= 11 is 87.3. The topological polar surface area (TPSA) is 9.23 Å². The Kier molecular flexibility index (Phi) is 12.3. The normalized spacial score (nSPS) is 16.5. The molecule has 0 aliphatic rings. The highest BCUT2D eigenvalue weighted by atomic mass is 35.6. The quantitative estimate of drug-likeness (QED) is 0.158. The van der Waals surface area contributed by atoms with Crippen molar-refractivity contribution in [2.45, 2.75) is 47.9 Å². The first-order chi connectivity index (χ1) is 13.0. The van der Waals surface area contributed by atoms with Gasteiger partial charge < -0.3 is 4.74 Å². The van der Waals surface area contributed by atoms with Crippen LogP contribution in [-0.2, 0) is 4.74 Å². The van der Waals surface area contributed by atoms with Crippen molar-refractivity contribution in [3.8, 4) is 0 Å². The van der Waals surface area contributed by atoms with Crippen molar-refractivity contribution >= 4 is 186 Å². The first-order valence-corrected chi connectivity index (χ1v) is 12.5. The van der Waals surface area contributed by atoms with Crippen molar-refractivity contribution in [1.82, 2.24) is 0 Å². The Morgan fingerprint density at radius 1 is 0.355 bits per heavy atom. The van der Waals surface area contributed by atoms with E-state index in [0.717, 1.165) is 0 Å². The van der Waals surface area contributed by atoms with Crippen LogP contribution in [0.4, 0.5) is 17.6 Å². The van der Waals surface area contributed by atoms with Crippen molar-refractivity contribution in [1.29, 1.82) is 0 Å². The third kappa shape index (κ3) is 7.68. The Balaban J connectivity index is 7.10. The van der Waals surface area contributed by atoms with E-state index in [1.807, 2.05) is 0 Å². The molecule has 0 saturated carbocycles. The fraction of sp³-hybridized carbons (Fsp3) is 1.00. The molecule has 188 valence electrons. The third-order valence-corrected chi connectivity index (χ3v) is 10.7. The molecule has 0 aromatic rings. The van der Waals surface area contributed by atoms with Gasteiger partial charge in [0.05, 0.1) is 0 Å². The Bertz CT molecular complexity index is 524. The summed E-state index contributed by atoms with van der Waals surface area (Å²) in [6.07, 6.45) is -6.03. The van der Waals surface area contributed by atoms with Crippen LogP contribution in [0.5, 0.6) is 0 Å². The summed E-state index contributed by atoms with van der Waals surface area (Å²) in [7, 11) is 0. The molecule has 0 amide bonds. The molecule has 0 aliphatic carbocycles. The molecule has 21 heteroatoms. The van der Waals surface area contributed by atoms with Crippen molar-refractivity contribution in [2.24, 2.45) is 0 Å². The van der Waals surface area contributed by atoms with E-state index in [1.165, 1.54) is 0 Å². The van der Waals surface area contributed by atoms with E-state index in [-0.39, 0.29) is 0 Å². The van der Waals surface area contributed by atoms with Crippen LogP contribution in [0.15, 0.2) is 0 Å². The predicted octanol–water partition coefficient (Wildman–Crippen LogP) is 10.8. The molecule has 0 saturated heterocycles. The van der Waals surface area contributed by atoms with E-state index >= 15 is 0 Å². The van der Waals surface area contributed by atoms with Gasteiger partial charge in [0.15, 0.2) is 0 Å². The Hall–Kier alpha value is 4.32. The van der Waals surface area contributed by atoms with Gasteiger partial charge in [-0.3, -0.25) is 0 Å². The molecule has 0 N–H and O–H groups in total. The Morgan fingerprint density at radius 2 is 0.484 bits per heavy atom. The van der Waals surface area contributed by atoms with Crippen LogP contribution in [0.2, 0.25) is 0 Å². The SMILES string of the molecule is FC(Cl)(Cl)C(Cl)(Cl)C(OC(C(Cl)(Cl)C(F)(Cl)Cl)C(Cl)(Cl)C(F)(Cl)Cl)C(Cl)(Cl)C(F)(Cl)Cl. The molecule has 0 aliphatic heterocycles. The van der Waals surface area contributed by atoms with Crippen molar-refractivity contribution < 1.29 is 22.3 Å². The number of halogens is 20. The minimum absolute atomic E-state index is 3.02. The van der Waals surface area contributed by atoms with Gasteiger partial charge in [-0.2, -0.15) is 0 Å². The second-order valence-electron chi connectivity index (χ2n) is 5.38. The second-order valence-corrected chi connectivity index (χ2v) is 15.9. The molecule has 0 atom stereocenters. The molecule has 0 bridgehead atoms. The fourth-order valence-electron chi connectivity index (χ4n) is 1.53. The van der Waals surface area contributed by atoms with Crippen LogP contribution in [0.25, 0.3) is 0 Å². The zero-order chi connectivity index (χ0) is 25.9. The fourth-order valence-corrected chi connectivity index (χ4v) is 4.49. The molecule has 0 heterocycles. The van der Waals surface area contributed by atoms with Gasteiger partial charge in [-0.1, -0.05) is 186 Å². The average molecular weight is 781 g/mol. The van der Waals surface area contributed by atoms with E-state index in [1.54, 1.807) is 0 Å². The molecule has 31 heavy (non-hydrogen) atoms. The maximum absolute atomic E-state index is 14.3.